The molecule has 1 fully saturated rings. The number of amides is 1. The van der Waals surface area contributed by atoms with Crippen molar-refractivity contribution in [2.45, 2.75) is 32.6 Å². The Labute approximate surface area is 201 Å². The predicted octanol–water partition coefficient (Wildman–Crippen LogP) is 3.69. The zero-order valence-corrected chi connectivity index (χ0v) is 20.0. The lowest BCUT2D eigenvalue weighted by Gasteiger charge is -2.26. The van der Waals surface area contributed by atoms with Gasteiger partial charge in [0.1, 0.15) is 0 Å². The van der Waals surface area contributed by atoms with Crippen LogP contribution in [0.2, 0.25) is 0 Å². The SMILES string of the molecule is CCOC(=O)CC1CCc2cc(N(C)C(=O)c3ccc(C=NN4CCOCC4)cc3)ccc2C1. The third-order valence-electron chi connectivity index (χ3n) is 6.49. The van der Waals surface area contributed by atoms with Gasteiger partial charge < -0.3 is 14.4 Å². The van der Waals surface area contributed by atoms with Crippen molar-refractivity contribution in [3.05, 3.63) is 64.7 Å². The van der Waals surface area contributed by atoms with E-state index < -0.39 is 0 Å². The molecular weight excluding hydrogens is 430 g/mol. The van der Waals surface area contributed by atoms with E-state index in [-0.39, 0.29) is 11.9 Å². The first-order valence-corrected chi connectivity index (χ1v) is 12.1. The van der Waals surface area contributed by atoms with Gasteiger partial charge in [-0.25, -0.2) is 0 Å². The second-order valence-electron chi connectivity index (χ2n) is 8.87. The Morgan fingerprint density at radius 3 is 2.65 bits per heavy atom. The van der Waals surface area contributed by atoms with Crippen LogP contribution in [-0.4, -0.2) is 63.1 Å². The number of carbonyl (C=O) groups excluding carboxylic acids is 2. The fourth-order valence-electron chi connectivity index (χ4n) is 4.50. The summed E-state index contributed by atoms with van der Waals surface area (Å²) in [6.45, 7) is 5.26. The Hall–Kier alpha value is -3.19. The summed E-state index contributed by atoms with van der Waals surface area (Å²) in [7, 11) is 1.81. The normalized spacial score (nSPS) is 17.9. The molecule has 7 nitrogen and oxygen atoms in total. The van der Waals surface area contributed by atoms with Crippen molar-refractivity contribution in [3.63, 3.8) is 0 Å². The molecule has 2 aromatic carbocycles. The van der Waals surface area contributed by atoms with E-state index in [1.54, 1.807) is 4.90 Å². The highest BCUT2D eigenvalue weighted by molar-refractivity contribution is 6.06. The summed E-state index contributed by atoms with van der Waals surface area (Å²) < 4.78 is 10.4. The quantitative estimate of drug-likeness (QED) is 0.463. The van der Waals surface area contributed by atoms with Gasteiger partial charge in [0.25, 0.3) is 5.91 Å². The average Bonchev–Trinajstić information content (AvgIpc) is 2.87. The van der Waals surface area contributed by atoms with Crippen LogP contribution in [0.15, 0.2) is 47.6 Å². The zero-order valence-electron chi connectivity index (χ0n) is 20.0. The van der Waals surface area contributed by atoms with Crippen molar-refractivity contribution in [2.24, 2.45) is 11.0 Å². The molecule has 0 aromatic heterocycles. The third-order valence-corrected chi connectivity index (χ3v) is 6.49. The molecule has 0 N–H and O–H groups in total. The first kappa shape index (κ1) is 24.0. The molecule has 4 rings (SSSR count). The van der Waals surface area contributed by atoms with Gasteiger partial charge >= 0.3 is 5.97 Å². The minimum atomic E-state index is -0.115. The van der Waals surface area contributed by atoms with Gasteiger partial charge in [-0.15, -0.1) is 0 Å². The average molecular weight is 464 g/mol. The van der Waals surface area contributed by atoms with Gasteiger partial charge in [-0.2, -0.15) is 5.10 Å². The maximum atomic E-state index is 13.1. The summed E-state index contributed by atoms with van der Waals surface area (Å²) >= 11 is 0. The van der Waals surface area contributed by atoms with Crippen LogP contribution in [0, 0.1) is 5.92 Å². The molecule has 1 aliphatic heterocycles. The molecule has 1 heterocycles. The number of nitrogens with zero attached hydrogens (tertiary/aromatic N) is 3. The highest BCUT2D eigenvalue weighted by Gasteiger charge is 2.23. The molecule has 180 valence electrons. The smallest absolute Gasteiger partial charge is 0.306 e. The number of morpholine rings is 1. The second kappa shape index (κ2) is 11.3. The Bertz CT molecular complexity index is 1030. The summed E-state index contributed by atoms with van der Waals surface area (Å²) in [6, 6.07) is 13.7. The molecular formula is C27H33N3O4. The minimum Gasteiger partial charge on any atom is -0.466 e. The van der Waals surface area contributed by atoms with Crippen molar-refractivity contribution in [2.75, 3.05) is 44.9 Å². The number of aryl methyl sites for hydroxylation is 1. The van der Waals surface area contributed by atoms with E-state index in [0.717, 1.165) is 43.6 Å². The predicted molar refractivity (Wildman–Crippen MR) is 132 cm³/mol. The molecule has 1 unspecified atom stereocenters. The number of anilines is 1. The van der Waals surface area contributed by atoms with E-state index in [1.165, 1.54) is 11.1 Å². The monoisotopic (exact) mass is 463 g/mol. The van der Waals surface area contributed by atoms with Gasteiger partial charge in [0.05, 0.1) is 39.1 Å². The molecule has 34 heavy (non-hydrogen) atoms. The van der Waals surface area contributed by atoms with E-state index in [0.29, 0.717) is 37.7 Å². The van der Waals surface area contributed by atoms with Crippen LogP contribution in [0.1, 0.15) is 46.8 Å². The maximum absolute atomic E-state index is 13.1. The van der Waals surface area contributed by atoms with Gasteiger partial charge in [0.2, 0.25) is 0 Å². The topological polar surface area (TPSA) is 71.4 Å². The lowest BCUT2D eigenvalue weighted by Crippen LogP contribution is -2.32. The van der Waals surface area contributed by atoms with E-state index in [1.807, 2.05) is 55.5 Å². The van der Waals surface area contributed by atoms with Crippen molar-refractivity contribution in [1.82, 2.24) is 5.01 Å². The van der Waals surface area contributed by atoms with Gasteiger partial charge in [0.15, 0.2) is 0 Å². The molecule has 0 saturated carbocycles. The summed E-state index contributed by atoms with van der Waals surface area (Å²) in [4.78, 5) is 26.6. The van der Waals surface area contributed by atoms with Gasteiger partial charge in [-0.3, -0.25) is 14.6 Å². The molecule has 2 aliphatic rings. The number of fused-ring (bicyclic) bond motifs is 1. The molecule has 1 saturated heterocycles. The molecule has 0 bridgehead atoms. The number of rotatable bonds is 7. The molecule has 0 radical (unpaired) electrons. The van der Waals surface area contributed by atoms with Crippen LogP contribution >= 0.6 is 0 Å². The van der Waals surface area contributed by atoms with Crippen LogP contribution in [0.3, 0.4) is 0 Å². The Morgan fingerprint density at radius 1 is 1.15 bits per heavy atom. The first-order chi connectivity index (χ1) is 16.5. The molecule has 1 amide bonds. The summed E-state index contributed by atoms with van der Waals surface area (Å²) in [5.41, 5.74) is 4.99. The Kier molecular flexibility index (Phi) is 7.95. The van der Waals surface area contributed by atoms with Crippen molar-refractivity contribution in [3.8, 4) is 0 Å². The van der Waals surface area contributed by atoms with Gasteiger partial charge in [0, 0.05) is 24.7 Å². The Morgan fingerprint density at radius 2 is 1.91 bits per heavy atom. The molecule has 0 spiro atoms. The van der Waals surface area contributed by atoms with Crippen LogP contribution in [-0.2, 0) is 27.1 Å². The molecule has 7 heteroatoms. The van der Waals surface area contributed by atoms with E-state index in [4.69, 9.17) is 9.47 Å². The van der Waals surface area contributed by atoms with Crippen LogP contribution in [0.25, 0.3) is 0 Å². The largest absolute Gasteiger partial charge is 0.466 e. The molecule has 1 aliphatic carbocycles. The molecule has 1 atom stereocenters. The standard InChI is InChI=1S/C27H33N3O4/c1-3-34-26(31)17-21-6-9-24-18-25(11-10-23(24)16-21)29(2)27(32)22-7-4-20(5-8-22)19-28-30-12-14-33-15-13-30/h4-5,7-8,10-11,18-19,21H,3,6,9,12-17H2,1-2H3. The summed E-state index contributed by atoms with van der Waals surface area (Å²) in [5.74, 6) is 0.158. The van der Waals surface area contributed by atoms with Crippen molar-refractivity contribution < 1.29 is 19.1 Å². The first-order valence-electron chi connectivity index (χ1n) is 12.1. The van der Waals surface area contributed by atoms with E-state index in [2.05, 4.69) is 17.2 Å². The second-order valence-corrected chi connectivity index (χ2v) is 8.87. The van der Waals surface area contributed by atoms with Crippen LogP contribution in [0.4, 0.5) is 5.69 Å². The van der Waals surface area contributed by atoms with Crippen molar-refractivity contribution in [1.29, 1.82) is 0 Å². The molecule has 2 aromatic rings. The number of hydrogen-bond acceptors (Lipinski definition) is 6. The highest BCUT2D eigenvalue weighted by Crippen LogP contribution is 2.31. The lowest BCUT2D eigenvalue weighted by atomic mass is 9.82. The third kappa shape index (κ3) is 6.03. The number of esters is 1. The fourth-order valence-corrected chi connectivity index (χ4v) is 4.50. The fraction of sp³-hybridized carbons (Fsp3) is 0.444. The maximum Gasteiger partial charge on any atom is 0.306 e. The summed E-state index contributed by atoms with van der Waals surface area (Å²) in [5, 5.41) is 6.48. The lowest BCUT2D eigenvalue weighted by molar-refractivity contribution is -0.144. The number of hydrogen-bond donors (Lipinski definition) is 0. The number of carbonyl (C=O) groups is 2. The van der Waals surface area contributed by atoms with Gasteiger partial charge in [-0.05, 0) is 73.1 Å². The zero-order chi connectivity index (χ0) is 23.9. The summed E-state index contributed by atoms with van der Waals surface area (Å²) in [6.07, 6.45) is 5.04. The van der Waals surface area contributed by atoms with Gasteiger partial charge in [-0.1, -0.05) is 18.2 Å². The Balaban J connectivity index is 1.37. The number of benzene rings is 2. The van der Waals surface area contributed by atoms with Crippen LogP contribution < -0.4 is 4.90 Å². The minimum absolute atomic E-state index is 0.0485. The van der Waals surface area contributed by atoms with Crippen molar-refractivity contribution >= 4 is 23.8 Å². The van der Waals surface area contributed by atoms with Crippen LogP contribution in [0.5, 0.6) is 0 Å². The number of hydrazone groups is 1. The van der Waals surface area contributed by atoms with E-state index in [9.17, 15) is 9.59 Å². The highest BCUT2D eigenvalue weighted by atomic mass is 16.5. The van der Waals surface area contributed by atoms with E-state index >= 15 is 0 Å². The number of ether oxygens (including phenoxy) is 2.